The van der Waals surface area contributed by atoms with Gasteiger partial charge in [0, 0.05) is 14.7 Å². The summed E-state index contributed by atoms with van der Waals surface area (Å²) in [4.78, 5) is 14.8. The molecule has 110 valence electrons. The highest BCUT2D eigenvalue weighted by Crippen LogP contribution is 2.24. The number of nitrogens with zero attached hydrogens (tertiary/aromatic N) is 2. The van der Waals surface area contributed by atoms with E-state index in [0.29, 0.717) is 23.1 Å². The highest BCUT2D eigenvalue weighted by atomic mass is 127. The SMILES string of the molecule is Cc1nc(Cl)c(C=CC(=O)O)n1Cc1ccc(I)cc1Cl. The maximum atomic E-state index is 10.7. The van der Waals surface area contributed by atoms with Crippen LogP contribution in [-0.2, 0) is 11.3 Å². The van der Waals surface area contributed by atoms with E-state index >= 15 is 0 Å². The Labute approximate surface area is 145 Å². The third-order valence-corrected chi connectivity index (χ3v) is 4.18. The van der Waals surface area contributed by atoms with E-state index in [9.17, 15) is 4.79 Å². The molecule has 0 aliphatic carbocycles. The lowest BCUT2D eigenvalue weighted by Gasteiger charge is -2.10. The van der Waals surface area contributed by atoms with Crippen LogP contribution in [0, 0.1) is 10.5 Å². The Bertz CT molecular complexity index is 726. The summed E-state index contributed by atoms with van der Waals surface area (Å²) in [6.07, 6.45) is 2.47. The monoisotopic (exact) mass is 436 g/mol. The summed E-state index contributed by atoms with van der Waals surface area (Å²) in [5.74, 6) is -0.344. The van der Waals surface area contributed by atoms with Gasteiger partial charge in [-0.15, -0.1) is 0 Å². The lowest BCUT2D eigenvalue weighted by Crippen LogP contribution is -2.05. The maximum Gasteiger partial charge on any atom is 0.328 e. The molecule has 0 aliphatic heterocycles. The molecule has 2 rings (SSSR count). The van der Waals surface area contributed by atoms with E-state index in [4.69, 9.17) is 28.3 Å². The number of hydrogen-bond donors (Lipinski definition) is 1. The average molecular weight is 437 g/mol. The van der Waals surface area contributed by atoms with E-state index in [1.54, 1.807) is 0 Å². The molecule has 0 fully saturated rings. The van der Waals surface area contributed by atoms with Gasteiger partial charge >= 0.3 is 5.97 Å². The molecular formula is C14H11Cl2IN2O2. The number of carboxylic acid groups (broad SMARTS) is 1. The van der Waals surface area contributed by atoms with Gasteiger partial charge in [0.05, 0.1) is 12.2 Å². The van der Waals surface area contributed by atoms with Crippen LogP contribution in [0.15, 0.2) is 24.3 Å². The second kappa shape index (κ2) is 6.81. The van der Waals surface area contributed by atoms with Crippen LogP contribution < -0.4 is 0 Å². The van der Waals surface area contributed by atoms with Gasteiger partial charge in [-0.25, -0.2) is 9.78 Å². The molecule has 0 saturated carbocycles. The summed E-state index contributed by atoms with van der Waals surface area (Å²) in [5, 5.41) is 9.67. The van der Waals surface area contributed by atoms with Gasteiger partial charge < -0.3 is 9.67 Å². The first-order chi connectivity index (χ1) is 9.88. The van der Waals surface area contributed by atoms with Crippen LogP contribution >= 0.6 is 45.8 Å². The third kappa shape index (κ3) is 3.99. The molecule has 7 heteroatoms. The molecule has 1 aromatic carbocycles. The molecule has 0 unspecified atom stereocenters. The number of carboxylic acids is 1. The molecular weight excluding hydrogens is 426 g/mol. The summed E-state index contributed by atoms with van der Waals surface area (Å²) in [6.45, 7) is 2.28. The predicted octanol–water partition coefficient (Wildman–Crippen LogP) is 4.25. The Kier molecular flexibility index (Phi) is 5.29. The van der Waals surface area contributed by atoms with Crippen LogP contribution in [0.1, 0.15) is 17.1 Å². The van der Waals surface area contributed by atoms with Crippen molar-refractivity contribution in [3.63, 3.8) is 0 Å². The fraction of sp³-hybridized carbons (Fsp3) is 0.143. The Morgan fingerprint density at radius 3 is 2.81 bits per heavy atom. The van der Waals surface area contributed by atoms with Crippen molar-refractivity contribution in [1.82, 2.24) is 9.55 Å². The quantitative estimate of drug-likeness (QED) is 0.575. The fourth-order valence-electron chi connectivity index (χ4n) is 1.87. The zero-order chi connectivity index (χ0) is 15.6. The highest BCUT2D eigenvalue weighted by molar-refractivity contribution is 14.1. The Morgan fingerprint density at radius 1 is 1.48 bits per heavy atom. The van der Waals surface area contributed by atoms with Gasteiger partial charge in [-0.1, -0.05) is 29.3 Å². The molecule has 1 heterocycles. The van der Waals surface area contributed by atoms with Gasteiger partial charge in [0.15, 0.2) is 5.15 Å². The van der Waals surface area contributed by atoms with Gasteiger partial charge in [-0.2, -0.15) is 0 Å². The van der Waals surface area contributed by atoms with Crippen LogP contribution in [0.3, 0.4) is 0 Å². The fourth-order valence-corrected chi connectivity index (χ4v) is 3.08. The van der Waals surface area contributed by atoms with Crippen LogP contribution in [0.5, 0.6) is 0 Å². The normalized spacial score (nSPS) is 11.2. The van der Waals surface area contributed by atoms with E-state index in [-0.39, 0.29) is 5.15 Å². The molecule has 0 radical (unpaired) electrons. The Balaban J connectivity index is 2.41. The molecule has 1 N–H and O–H groups in total. The minimum Gasteiger partial charge on any atom is -0.478 e. The number of hydrogen-bond acceptors (Lipinski definition) is 2. The summed E-state index contributed by atoms with van der Waals surface area (Å²) >= 11 is 14.5. The van der Waals surface area contributed by atoms with Gasteiger partial charge in [-0.3, -0.25) is 0 Å². The van der Waals surface area contributed by atoms with Gasteiger partial charge in [0.25, 0.3) is 0 Å². The maximum absolute atomic E-state index is 10.7. The first-order valence-corrected chi connectivity index (χ1v) is 7.79. The molecule has 0 atom stereocenters. The molecule has 2 aromatic rings. The summed E-state index contributed by atoms with van der Waals surface area (Å²) in [7, 11) is 0. The van der Waals surface area contributed by atoms with E-state index in [1.165, 1.54) is 6.08 Å². The van der Waals surface area contributed by atoms with Crippen molar-refractivity contribution in [2.75, 3.05) is 0 Å². The van der Waals surface area contributed by atoms with E-state index < -0.39 is 5.97 Å². The first kappa shape index (κ1) is 16.3. The van der Waals surface area contributed by atoms with E-state index in [2.05, 4.69) is 27.6 Å². The second-order valence-electron chi connectivity index (χ2n) is 4.33. The number of rotatable bonds is 4. The van der Waals surface area contributed by atoms with Crippen LogP contribution in [-0.4, -0.2) is 20.6 Å². The standard InChI is InChI=1S/C14H11Cl2IN2O2/c1-8-18-14(16)12(4-5-13(20)21)19(8)7-9-2-3-10(17)6-11(9)15/h2-6H,7H2,1H3,(H,20,21). The summed E-state index contributed by atoms with van der Waals surface area (Å²) in [5.41, 5.74) is 1.46. The second-order valence-corrected chi connectivity index (χ2v) is 6.34. The number of imidazole rings is 1. The first-order valence-electron chi connectivity index (χ1n) is 5.96. The van der Waals surface area contributed by atoms with E-state index in [1.807, 2.05) is 29.7 Å². The predicted molar refractivity (Wildman–Crippen MR) is 91.9 cm³/mol. The van der Waals surface area contributed by atoms with Crippen LogP contribution in [0.2, 0.25) is 10.2 Å². The van der Waals surface area contributed by atoms with Gasteiger partial charge in [-0.05, 0) is 53.3 Å². The molecule has 1 aromatic heterocycles. The largest absolute Gasteiger partial charge is 0.478 e. The Morgan fingerprint density at radius 2 is 2.19 bits per heavy atom. The number of aromatic nitrogens is 2. The smallest absolute Gasteiger partial charge is 0.328 e. The molecule has 0 spiro atoms. The molecule has 0 saturated heterocycles. The Hall–Kier alpha value is -1.05. The number of aryl methyl sites for hydroxylation is 1. The lowest BCUT2D eigenvalue weighted by atomic mass is 10.2. The van der Waals surface area contributed by atoms with Gasteiger partial charge in [0.2, 0.25) is 0 Å². The molecule has 21 heavy (non-hydrogen) atoms. The van der Waals surface area contributed by atoms with Crippen LogP contribution in [0.25, 0.3) is 6.08 Å². The minimum absolute atomic E-state index is 0.270. The van der Waals surface area contributed by atoms with Crippen molar-refractivity contribution in [3.8, 4) is 0 Å². The molecule has 0 amide bonds. The number of aliphatic carboxylic acids is 1. The molecule has 0 aliphatic rings. The minimum atomic E-state index is -1.04. The average Bonchev–Trinajstić information content (AvgIpc) is 2.65. The van der Waals surface area contributed by atoms with Crippen molar-refractivity contribution >= 4 is 57.8 Å². The molecule has 4 nitrogen and oxygen atoms in total. The highest BCUT2D eigenvalue weighted by Gasteiger charge is 2.13. The third-order valence-electron chi connectivity index (χ3n) is 2.88. The number of halogens is 3. The molecule has 0 bridgehead atoms. The van der Waals surface area contributed by atoms with Crippen molar-refractivity contribution < 1.29 is 9.90 Å². The zero-order valence-corrected chi connectivity index (χ0v) is 14.6. The topological polar surface area (TPSA) is 55.1 Å². The van der Waals surface area contributed by atoms with E-state index in [0.717, 1.165) is 15.2 Å². The van der Waals surface area contributed by atoms with Gasteiger partial charge in [0.1, 0.15) is 5.82 Å². The van der Waals surface area contributed by atoms with Crippen molar-refractivity contribution in [2.45, 2.75) is 13.5 Å². The lowest BCUT2D eigenvalue weighted by molar-refractivity contribution is -0.131. The zero-order valence-electron chi connectivity index (χ0n) is 11.0. The van der Waals surface area contributed by atoms with Crippen molar-refractivity contribution in [2.24, 2.45) is 0 Å². The number of benzene rings is 1. The summed E-state index contributed by atoms with van der Waals surface area (Å²) in [6, 6.07) is 5.77. The van der Waals surface area contributed by atoms with Crippen molar-refractivity contribution in [1.29, 1.82) is 0 Å². The van der Waals surface area contributed by atoms with Crippen LogP contribution in [0.4, 0.5) is 0 Å². The van der Waals surface area contributed by atoms with Crippen molar-refractivity contribution in [3.05, 3.63) is 55.1 Å². The number of carbonyl (C=O) groups is 1. The summed E-state index contributed by atoms with van der Waals surface area (Å²) < 4.78 is 2.88.